The van der Waals surface area contributed by atoms with Gasteiger partial charge >= 0.3 is 0 Å². The van der Waals surface area contributed by atoms with Crippen molar-refractivity contribution < 1.29 is 0 Å². The monoisotopic (exact) mass is 407 g/mol. The number of benzene rings is 4. The highest BCUT2D eigenvalue weighted by atomic mass is 32.1. The fraction of sp³-hybridized carbons (Fsp3) is 0.143. The highest BCUT2D eigenvalue weighted by Gasteiger charge is 2.17. The van der Waals surface area contributed by atoms with E-state index in [1.807, 2.05) is 11.3 Å². The molecule has 148 valence electrons. The summed E-state index contributed by atoms with van der Waals surface area (Å²) in [6.45, 7) is 6.77. The van der Waals surface area contributed by atoms with Crippen LogP contribution in [0.2, 0.25) is 0 Å². The molecule has 1 heterocycles. The molecule has 0 fully saturated rings. The van der Waals surface area contributed by atoms with Gasteiger partial charge in [0.05, 0.1) is 0 Å². The van der Waals surface area contributed by atoms with E-state index in [1.54, 1.807) is 0 Å². The van der Waals surface area contributed by atoms with E-state index in [0.29, 0.717) is 0 Å². The van der Waals surface area contributed by atoms with Crippen LogP contribution in [-0.4, -0.2) is 0 Å². The molecule has 5 rings (SSSR count). The molecule has 0 N–H and O–H groups in total. The summed E-state index contributed by atoms with van der Waals surface area (Å²) in [5.41, 5.74) is 5.01. The normalized spacial score (nSPS) is 11.8. The van der Waals surface area contributed by atoms with Crippen LogP contribution in [0.4, 0.5) is 17.1 Å². The third-order valence-corrected chi connectivity index (χ3v) is 6.78. The highest BCUT2D eigenvalue weighted by Crippen LogP contribution is 2.40. The van der Waals surface area contributed by atoms with Crippen molar-refractivity contribution >= 4 is 48.6 Å². The van der Waals surface area contributed by atoms with Crippen molar-refractivity contribution in [3.63, 3.8) is 0 Å². The Bertz CT molecular complexity index is 1310. The fourth-order valence-corrected chi connectivity index (χ4v) is 5.07. The molecule has 5 aromatic rings. The average molecular weight is 408 g/mol. The lowest BCUT2D eigenvalue weighted by molar-refractivity contribution is 0.590. The van der Waals surface area contributed by atoms with Crippen molar-refractivity contribution in [3.05, 3.63) is 103 Å². The van der Waals surface area contributed by atoms with E-state index in [-0.39, 0.29) is 5.41 Å². The summed E-state index contributed by atoms with van der Waals surface area (Å²) in [6, 6.07) is 35.1. The van der Waals surface area contributed by atoms with Crippen LogP contribution in [-0.2, 0) is 5.41 Å². The van der Waals surface area contributed by atoms with Crippen molar-refractivity contribution in [1.82, 2.24) is 0 Å². The smallest absolute Gasteiger partial charge is 0.0468 e. The predicted octanol–water partition coefficient (Wildman–Crippen LogP) is 8.82. The largest absolute Gasteiger partial charge is 0.310 e. The van der Waals surface area contributed by atoms with Crippen molar-refractivity contribution in [2.75, 3.05) is 4.90 Å². The SMILES string of the molecule is CC(C)(C)c1ccc(N(c2ccccc2)c2ccc3sc4ccccc4c3c2)cc1. The van der Waals surface area contributed by atoms with E-state index in [0.717, 1.165) is 0 Å². The van der Waals surface area contributed by atoms with Crippen molar-refractivity contribution in [2.45, 2.75) is 26.2 Å². The summed E-state index contributed by atoms with van der Waals surface area (Å²) < 4.78 is 2.67. The third-order valence-electron chi connectivity index (χ3n) is 5.62. The van der Waals surface area contributed by atoms with E-state index in [9.17, 15) is 0 Å². The lowest BCUT2D eigenvalue weighted by Gasteiger charge is -2.27. The number of para-hydroxylation sites is 1. The number of fused-ring (bicyclic) bond motifs is 3. The molecular formula is C28H25NS. The zero-order valence-electron chi connectivity index (χ0n) is 17.6. The van der Waals surface area contributed by atoms with Gasteiger partial charge in [-0.05, 0) is 59.5 Å². The second-order valence-corrected chi connectivity index (χ2v) is 9.83. The summed E-state index contributed by atoms with van der Waals surface area (Å²) in [6.07, 6.45) is 0. The minimum atomic E-state index is 0.143. The number of nitrogens with zero attached hydrogens (tertiary/aromatic N) is 1. The van der Waals surface area contributed by atoms with Crippen molar-refractivity contribution in [2.24, 2.45) is 0 Å². The fourth-order valence-electron chi connectivity index (χ4n) is 3.99. The Morgan fingerprint density at radius 1 is 0.567 bits per heavy atom. The first-order valence-electron chi connectivity index (χ1n) is 10.4. The van der Waals surface area contributed by atoms with Gasteiger partial charge in [-0.3, -0.25) is 0 Å². The van der Waals surface area contributed by atoms with E-state index >= 15 is 0 Å². The number of hydrogen-bond donors (Lipinski definition) is 0. The summed E-state index contributed by atoms with van der Waals surface area (Å²) in [5, 5.41) is 2.65. The molecule has 1 aromatic heterocycles. The number of thiophene rings is 1. The Morgan fingerprint density at radius 3 is 1.90 bits per heavy atom. The van der Waals surface area contributed by atoms with Gasteiger partial charge in [0.25, 0.3) is 0 Å². The molecule has 2 heteroatoms. The molecule has 0 aliphatic rings. The topological polar surface area (TPSA) is 3.24 Å². The summed E-state index contributed by atoms with van der Waals surface area (Å²) in [5.74, 6) is 0. The van der Waals surface area contributed by atoms with Gasteiger partial charge in [-0.2, -0.15) is 0 Å². The predicted molar refractivity (Wildman–Crippen MR) is 133 cm³/mol. The quantitative estimate of drug-likeness (QED) is 0.289. The van der Waals surface area contributed by atoms with E-state index < -0.39 is 0 Å². The zero-order valence-corrected chi connectivity index (χ0v) is 18.4. The lowest BCUT2D eigenvalue weighted by atomic mass is 9.87. The van der Waals surface area contributed by atoms with Gasteiger partial charge in [0, 0.05) is 37.2 Å². The van der Waals surface area contributed by atoms with Gasteiger partial charge in [0.2, 0.25) is 0 Å². The van der Waals surface area contributed by atoms with Gasteiger partial charge in [0.1, 0.15) is 0 Å². The van der Waals surface area contributed by atoms with E-state index in [1.165, 1.54) is 42.8 Å². The highest BCUT2D eigenvalue weighted by molar-refractivity contribution is 7.25. The lowest BCUT2D eigenvalue weighted by Crippen LogP contribution is -2.13. The molecule has 0 saturated heterocycles. The first-order chi connectivity index (χ1) is 14.5. The molecule has 0 aliphatic carbocycles. The Hall–Kier alpha value is -3.10. The second-order valence-electron chi connectivity index (χ2n) is 8.75. The van der Waals surface area contributed by atoms with Crippen LogP contribution in [0.3, 0.4) is 0 Å². The number of anilines is 3. The molecular weight excluding hydrogens is 382 g/mol. The maximum absolute atomic E-state index is 2.35. The molecule has 0 unspecified atom stereocenters. The molecule has 0 amide bonds. The van der Waals surface area contributed by atoms with Crippen LogP contribution in [0.5, 0.6) is 0 Å². The van der Waals surface area contributed by atoms with Gasteiger partial charge in [-0.1, -0.05) is 69.3 Å². The minimum absolute atomic E-state index is 0.143. The van der Waals surface area contributed by atoms with Gasteiger partial charge in [-0.15, -0.1) is 11.3 Å². The van der Waals surface area contributed by atoms with Crippen molar-refractivity contribution in [1.29, 1.82) is 0 Å². The maximum atomic E-state index is 2.35. The standard InChI is InChI=1S/C28H25NS/c1-28(2,3)20-13-15-22(16-14-20)29(21-9-5-4-6-10-21)23-17-18-27-25(19-23)24-11-7-8-12-26(24)30-27/h4-19H,1-3H3. The van der Waals surface area contributed by atoms with Crippen LogP contribution in [0.1, 0.15) is 26.3 Å². The Kier molecular flexibility index (Phi) is 4.60. The van der Waals surface area contributed by atoms with E-state index in [4.69, 9.17) is 0 Å². The van der Waals surface area contributed by atoms with Crippen molar-refractivity contribution in [3.8, 4) is 0 Å². The minimum Gasteiger partial charge on any atom is -0.310 e. The Balaban J connectivity index is 1.68. The Labute approximate surface area is 182 Å². The molecule has 0 saturated carbocycles. The molecule has 4 aromatic carbocycles. The zero-order chi connectivity index (χ0) is 20.7. The van der Waals surface area contributed by atoms with Crippen LogP contribution in [0.25, 0.3) is 20.2 Å². The van der Waals surface area contributed by atoms with Gasteiger partial charge < -0.3 is 4.90 Å². The van der Waals surface area contributed by atoms with Crippen LogP contribution < -0.4 is 4.90 Å². The molecule has 0 bridgehead atoms. The van der Waals surface area contributed by atoms with E-state index in [2.05, 4.69) is 123 Å². The third kappa shape index (κ3) is 3.38. The maximum Gasteiger partial charge on any atom is 0.0468 e. The second kappa shape index (κ2) is 7.30. The molecule has 0 spiro atoms. The average Bonchev–Trinajstić information content (AvgIpc) is 3.13. The molecule has 0 radical (unpaired) electrons. The van der Waals surface area contributed by atoms with Gasteiger partial charge in [-0.25, -0.2) is 0 Å². The van der Waals surface area contributed by atoms with Crippen LogP contribution >= 0.6 is 11.3 Å². The van der Waals surface area contributed by atoms with Crippen LogP contribution in [0.15, 0.2) is 97.1 Å². The first-order valence-corrected chi connectivity index (χ1v) is 11.2. The molecule has 30 heavy (non-hydrogen) atoms. The van der Waals surface area contributed by atoms with Crippen LogP contribution in [0, 0.1) is 0 Å². The number of hydrogen-bond acceptors (Lipinski definition) is 2. The van der Waals surface area contributed by atoms with Gasteiger partial charge in [0.15, 0.2) is 0 Å². The molecule has 1 nitrogen and oxygen atoms in total. The summed E-state index contributed by atoms with van der Waals surface area (Å²) in [4.78, 5) is 2.35. The summed E-state index contributed by atoms with van der Waals surface area (Å²) in [7, 11) is 0. The Morgan fingerprint density at radius 2 is 1.17 bits per heavy atom. The molecule has 0 aliphatic heterocycles. The summed E-state index contributed by atoms with van der Waals surface area (Å²) >= 11 is 1.86. The molecule has 0 atom stereocenters. The number of rotatable bonds is 3. The first kappa shape index (κ1) is 18.9.